The number of rotatable bonds is 6. The molecule has 0 aromatic heterocycles. The number of halogens is 1. The molecule has 1 N–H and O–H groups in total. The molecule has 4 rings (SSSR count). The van der Waals surface area contributed by atoms with E-state index in [0.29, 0.717) is 6.10 Å². The number of ether oxygens (including phenoxy) is 2. The van der Waals surface area contributed by atoms with Crippen LogP contribution in [0.15, 0.2) is 4.99 Å². The van der Waals surface area contributed by atoms with Gasteiger partial charge in [-0.15, -0.1) is 24.0 Å². The topological polar surface area (TPSA) is 49.3 Å². The van der Waals surface area contributed by atoms with Crippen LogP contribution in [-0.4, -0.2) is 87.5 Å². The molecule has 0 radical (unpaired) electrons. The third-order valence-corrected chi connectivity index (χ3v) is 7.12. The number of fused-ring (bicyclic) bond motifs is 2. The highest BCUT2D eigenvalue weighted by Gasteiger charge is 2.42. The Kier molecular flexibility index (Phi) is 9.12. The summed E-state index contributed by atoms with van der Waals surface area (Å²) in [5.41, 5.74) is 0. The molecule has 2 aliphatic carbocycles. The van der Waals surface area contributed by atoms with Gasteiger partial charge in [0.15, 0.2) is 5.96 Å². The molecule has 162 valence electrons. The third kappa shape index (κ3) is 5.73. The quantitative estimate of drug-likeness (QED) is 0.260. The van der Waals surface area contributed by atoms with Gasteiger partial charge in [-0.1, -0.05) is 6.42 Å². The predicted molar refractivity (Wildman–Crippen MR) is 124 cm³/mol. The van der Waals surface area contributed by atoms with Gasteiger partial charge in [-0.05, 0) is 50.4 Å². The molecule has 2 heterocycles. The van der Waals surface area contributed by atoms with E-state index in [1.807, 2.05) is 7.05 Å². The first-order valence-electron chi connectivity index (χ1n) is 11.2. The van der Waals surface area contributed by atoms with Crippen molar-refractivity contribution >= 4 is 29.9 Å². The second-order valence-corrected chi connectivity index (χ2v) is 8.78. The molecule has 28 heavy (non-hydrogen) atoms. The largest absolute Gasteiger partial charge is 0.381 e. The van der Waals surface area contributed by atoms with Gasteiger partial charge in [0, 0.05) is 65.6 Å². The summed E-state index contributed by atoms with van der Waals surface area (Å²) >= 11 is 0. The minimum Gasteiger partial charge on any atom is -0.381 e. The normalized spacial score (nSPS) is 31.8. The van der Waals surface area contributed by atoms with Crippen molar-refractivity contribution in [3.05, 3.63) is 0 Å². The average molecular weight is 506 g/mol. The van der Waals surface area contributed by atoms with Gasteiger partial charge in [0.2, 0.25) is 0 Å². The van der Waals surface area contributed by atoms with Crippen molar-refractivity contribution in [3.8, 4) is 0 Å². The van der Waals surface area contributed by atoms with Crippen LogP contribution in [0, 0.1) is 11.8 Å². The Labute approximate surface area is 187 Å². The van der Waals surface area contributed by atoms with E-state index in [-0.39, 0.29) is 24.0 Å². The van der Waals surface area contributed by atoms with Crippen molar-refractivity contribution in [1.82, 2.24) is 15.1 Å². The summed E-state index contributed by atoms with van der Waals surface area (Å²) in [6.45, 7) is 8.06. The molecular formula is C21H39IN4O2. The van der Waals surface area contributed by atoms with Crippen LogP contribution in [-0.2, 0) is 9.47 Å². The van der Waals surface area contributed by atoms with Crippen molar-refractivity contribution in [1.29, 1.82) is 0 Å². The Hall–Kier alpha value is -0.120. The van der Waals surface area contributed by atoms with Crippen molar-refractivity contribution < 1.29 is 9.47 Å². The average Bonchev–Trinajstić information content (AvgIpc) is 3.35. The maximum Gasteiger partial charge on any atom is 0.193 e. The predicted octanol–water partition coefficient (Wildman–Crippen LogP) is 2.57. The molecule has 6 nitrogen and oxygen atoms in total. The summed E-state index contributed by atoms with van der Waals surface area (Å²) in [7, 11) is 1.91. The second kappa shape index (κ2) is 11.3. The highest BCUT2D eigenvalue weighted by atomic mass is 127. The maximum absolute atomic E-state index is 5.96. The third-order valence-electron chi connectivity index (χ3n) is 7.12. The zero-order chi connectivity index (χ0) is 18.5. The van der Waals surface area contributed by atoms with Gasteiger partial charge in [0.1, 0.15) is 0 Å². The smallest absolute Gasteiger partial charge is 0.193 e. The van der Waals surface area contributed by atoms with E-state index < -0.39 is 0 Å². The summed E-state index contributed by atoms with van der Waals surface area (Å²) in [6, 6.07) is 0.878. The number of guanidine groups is 1. The van der Waals surface area contributed by atoms with E-state index in [9.17, 15) is 0 Å². The number of hydrogen-bond donors (Lipinski definition) is 1. The van der Waals surface area contributed by atoms with Gasteiger partial charge in [-0.3, -0.25) is 9.89 Å². The summed E-state index contributed by atoms with van der Waals surface area (Å²) < 4.78 is 11.3. The molecule has 7 heteroatoms. The zero-order valence-corrected chi connectivity index (χ0v) is 19.8. The summed E-state index contributed by atoms with van der Waals surface area (Å²) in [6.07, 6.45) is 9.46. The Balaban J connectivity index is 0.00000225. The molecular weight excluding hydrogens is 467 g/mol. The van der Waals surface area contributed by atoms with Gasteiger partial charge in [0.05, 0.1) is 6.10 Å². The first kappa shape index (κ1) is 22.6. The van der Waals surface area contributed by atoms with Crippen molar-refractivity contribution in [2.24, 2.45) is 16.8 Å². The second-order valence-electron chi connectivity index (χ2n) is 8.78. The molecule has 0 aromatic carbocycles. The van der Waals surface area contributed by atoms with Crippen LogP contribution < -0.4 is 5.32 Å². The van der Waals surface area contributed by atoms with E-state index in [4.69, 9.17) is 9.47 Å². The minimum atomic E-state index is 0. The lowest BCUT2D eigenvalue weighted by Gasteiger charge is -2.42. The van der Waals surface area contributed by atoms with Crippen LogP contribution in [0.1, 0.15) is 44.9 Å². The molecule has 4 aliphatic rings. The lowest BCUT2D eigenvalue weighted by atomic mass is 9.93. The molecule has 2 saturated carbocycles. The van der Waals surface area contributed by atoms with Crippen LogP contribution in [0.2, 0.25) is 0 Å². The fourth-order valence-electron chi connectivity index (χ4n) is 5.62. The number of hydrogen-bond acceptors (Lipinski definition) is 4. The monoisotopic (exact) mass is 506 g/mol. The fourth-order valence-corrected chi connectivity index (χ4v) is 5.62. The molecule has 2 bridgehead atoms. The first-order valence-corrected chi connectivity index (χ1v) is 11.2. The summed E-state index contributed by atoms with van der Waals surface area (Å²) in [4.78, 5) is 9.72. The number of nitrogens with zero attached hydrogens (tertiary/aromatic N) is 3. The molecule has 0 spiro atoms. The van der Waals surface area contributed by atoms with Gasteiger partial charge >= 0.3 is 0 Å². The van der Waals surface area contributed by atoms with E-state index in [0.717, 1.165) is 82.6 Å². The van der Waals surface area contributed by atoms with Gasteiger partial charge in [-0.2, -0.15) is 0 Å². The van der Waals surface area contributed by atoms with E-state index >= 15 is 0 Å². The fraction of sp³-hybridized carbons (Fsp3) is 0.952. The maximum atomic E-state index is 5.96. The highest BCUT2D eigenvalue weighted by molar-refractivity contribution is 14.0. The van der Waals surface area contributed by atoms with Crippen LogP contribution in [0.5, 0.6) is 0 Å². The Bertz CT molecular complexity index is 493. The summed E-state index contributed by atoms with van der Waals surface area (Å²) in [5.74, 6) is 3.10. The lowest BCUT2D eigenvalue weighted by Crippen LogP contribution is -2.55. The molecule has 0 amide bonds. The van der Waals surface area contributed by atoms with Crippen molar-refractivity contribution in [3.63, 3.8) is 0 Å². The highest BCUT2D eigenvalue weighted by Crippen LogP contribution is 2.46. The SMILES string of the molecule is CN=C(NCCCOC1CCOCC1)N1CCN(C2CC3CCC2C3)CC1.I. The molecule has 3 atom stereocenters. The van der Waals surface area contributed by atoms with Crippen molar-refractivity contribution in [2.75, 3.05) is 59.6 Å². The van der Waals surface area contributed by atoms with E-state index in [1.165, 1.54) is 38.8 Å². The number of nitrogens with one attached hydrogen (secondary N) is 1. The number of piperazine rings is 1. The Morgan fingerprint density at radius 2 is 1.86 bits per heavy atom. The summed E-state index contributed by atoms with van der Waals surface area (Å²) in [5, 5.41) is 3.54. The van der Waals surface area contributed by atoms with Crippen LogP contribution >= 0.6 is 24.0 Å². The van der Waals surface area contributed by atoms with E-state index in [2.05, 4.69) is 20.1 Å². The van der Waals surface area contributed by atoms with E-state index in [1.54, 1.807) is 0 Å². The van der Waals surface area contributed by atoms with Gasteiger partial charge in [-0.25, -0.2) is 0 Å². The minimum absolute atomic E-state index is 0. The Morgan fingerprint density at radius 3 is 2.50 bits per heavy atom. The Morgan fingerprint density at radius 1 is 1.07 bits per heavy atom. The van der Waals surface area contributed by atoms with Gasteiger partial charge < -0.3 is 19.7 Å². The standard InChI is InChI=1S/C21H38N4O2.HI/c1-22-21(23-7-2-12-27-19-5-13-26-14-6-19)25-10-8-24(9-11-25)20-16-17-3-4-18(20)15-17;/h17-20H,2-16H2,1H3,(H,22,23);1H. The zero-order valence-electron chi connectivity index (χ0n) is 17.5. The molecule has 2 saturated heterocycles. The lowest BCUT2D eigenvalue weighted by molar-refractivity contribution is -0.0320. The number of aliphatic imine (C=N–C) groups is 1. The van der Waals surface area contributed by atoms with Gasteiger partial charge in [0.25, 0.3) is 0 Å². The van der Waals surface area contributed by atoms with Crippen molar-refractivity contribution in [2.45, 2.75) is 57.1 Å². The molecule has 3 unspecified atom stereocenters. The van der Waals surface area contributed by atoms with Crippen LogP contribution in [0.3, 0.4) is 0 Å². The molecule has 2 aliphatic heterocycles. The molecule has 4 fully saturated rings. The first-order chi connectivity index (χ1) is 13.3. The molecule has 0 aromatic rings. The van der Waals surface area contributed by atoms with Crippen LogP contribution in [0.4, 0.5) is 0 Å². The van der Waals surface area contributed by atoms with Crippen LogP contribution in [0.25, 0.3) is 0 Å².